The normalized spacial score (nSPS) is 17.0. The van der Waals surface area contributed by atoms with Gasteiger partial charge in [0, 0.05) is 49.8 Å². The van der Waals surface area contributed by atoms with Crippen LogP contribution in [-0.4, -0.2) is 68.2 Å². The lowest BCUT2D eigenvalue weighted by atomic mass is 9.72. The SMILES string of the molecule is C=CC(=O)N1CC2(CCN(c3nc(=O)n(-c4c(C)ccnc4C(C)C)c4nc(-c5c(O)cccc5F)c5c(c34)OCC5)CC2)C1. The second kappa shape index (κ2) is 10.7. The zero-order valence-electron chi connectivity index (χ0n) is 25.6. The van der Waals surface area contributed by atoms with Gasteiger partial charge in [0.25, 0.3) is 0 Å². The molecule has 4 aromatic rings. The van der Waals surface area contributed by atoms with E-state index in [1.807, 2.05) is 31.7 Å². The van der Waals surface area contributed by atoms with Gasteiger partial charge in [-0.1, -0.05) is 26.5 Å². The minimum absolute atomic E-state index is 0.0180. The van der Waals surface area contributed by atoms with Crippen LogP contribution < -0.4 is 15.3 Å². The number of carbonyl (C=O) groups is 1. The van der Waals surface area contributed by atoms with Crippen LogP contribution in [0, 0.1) is 18.2 Å². The minimum atomic E-state index is -0.620. The summed E-state index contributed by atoms with van der Waals surface area (Å²) in [5, 5.41) is 11.4. The van der Waals surface area contributed by atoms with Gasteiger partial charge in [-0.3, -0.25) is 9.78 Å². The number of anilines is 1. The molecule has 6 heterocycles. The van der Waals surface area contributed by atoms with Crippen molar-refractivity contribution in [3.05, 3.63) is 76.2 Å². The first-order valence-corrected chi connectivity index (χ1v) is 15.3. The molecule has 0 bridgehead atoms. The summed E-state index contributed by atoms with van der Waals surface area (Å²) in [6.07, 6.45) is 5.19. The van der Waals surface area contributed by atoms with Gasteiger partial charge in [0.05, 0.1) is 29.2 Å². The van der Waals surface area contributed by atoms with Crippen molar-refractivity contribution < 1.29 is 19.0 Å². The lowest BCUT2D eigenvalue weighted by molar-refractivity contribution is -0.139. The molecule has 10 nitrogen and oxygen atoms in total. The Morgan fingerprint density at radius 3 is 2.62 bits per heavy atom. The van der Waals surface area contributed by atoms with Crippen LogP contribution in [0.15, 0.2) is 47.9 Å². The van der Waals surface area contributed by atoms with E-state index in [4.69, 9.17) is 14.7 Å². The molecule has 0 unspecified atom stereocenters. The van der Waals surface area contributed by atoms with Crippen molar-refractivity contribution in [3.63, 3.8) is 0 Å². The van der Waals surface area contributed by atoms with Crippen molar-refractivity contribution in [2.24, 2.45) is 5.41 Å². The van der Waals surface area contributed by atoms with Crippen LogP contribution in [0.25, 0.3) is 28.0 Å². The smallest absolute Gasteiger partial charge is 0.355 e. The predicted molar refractivity (Wildman–Crippen MR) is 169 cm³/mol. The summed E-state index contributed by atoms with van der Waals surface area (Å²) in [6.45, 7) is 12.5. The van der Waals surface area contributed by atoms with Crippen LogP contribution in [0.3, 0.4) is 0 Å². The van der Waals surface area contributed by atoms with Crippen molar-refractivity contribution in [2.45, 2.75) is 46.0 Å². The highest BCUT2D eigenvalue weighted by molar-refractivity contribution is 5.98. The Morgan fingerprint density at radius 2 is 1.93 bits per heavy atom. The number of hydrogen-bond donors (Lipinski definition) is 1. The number of aryl methyl sites for hydroxylation is 1. The average molecular weight is 611 g/mol. The summed E-state index contributed by atoms with van der Waals surface area (Å²) < 4.78 is 23.1. The number of aromatic nitrogens is 4. The molecule has 1 amide bonds. The van der Waals surface area contributed by atoms with E-state index < -0.39 is 11.5 Å². The monoisotopic (exact) mass is 610 g/mol. The Balaban J connectivity index is 1.45. The first kappa shape index (κ1) is 28.9. The number of phenols is 1. The maximum absolute atomic E-state index is 15.4. The van der Waals surface area contributed by atoms with E-state index in [0.29, 0.717) is 73.1 Å². The zero-order chi connectivity index (χ0) is 31.6. The maximum Gasteiger partial charge on any atom is 0.355 e. The summed E-state index contributed by atoms with van der Waals surface area (Å²) in [6, 6.07) is 5.98. The van der Waals surface area contributed by atoms with Crippen LogP contribution in [-0.2, 0) is 11.2 Å². The van der Waals surface area contributed by atoms with Gasteiger partial charge >= 0.3 is 5.69 Å². The average Bonchev–Trinajstić information content (AvgIpc) is 3.50. The molecule has 0 saturated carbocycles. The lowest BCUT2D eigenvalue weighted by Gasteiger charge is -2.53. The van der Waals surface area contributed by atoms with Crippen LogP contribution in [0.1, 0.15) is 49.4 Å². The van der Waals surface area contributed by atoms with E-state index >= 15 is 4.39 Å². The van der Waals surface area contributed by atoms with Crippen LogP contribution >= 0.6 is 0 Å². The van der Waals surface area contributed by atoms with Crippen molar-refractivity contribution >= 4 is 22.8 Å². The fourth-order valence-electron chi connectivity index (χ4n) is 7.11. The number of hydrogen-bond acceptors (Lipinski definition) is 8. The number of rotatable bonds is 5. The number of aromatic hydroxyl groups is 1. The van der Waals surface area contributed by atoms with Gasteiger partial charge in [-0.2, -0.15) is 4.98 Å². The molecule has 0 radical (unpaired) electrons. The van der Waals surface area contributed by atoms with E-state index in [0.717, 1.165) is 18.4 Å². The Hall–Kier alpha value is -4.80. The molecule has 3 aliphatic heterocycles. The van der Waals surface area contributed by atoms with Crippen molar-refractivity contribution in [1.82, 2.24) is 24.4 Å². The van der Waals surface area contributed by atoms with E-state index in [1.165, 1.54) is 28.8 Å². The summed E-state index contributed by atoms with van der Waals surface area (Å²) in [5.74, 6) is 0.0304. The second-order valence-electron chi connectivity index (χ2n) is 12.7. The van der Waals surface area contributed by atoms with E-state index in [9.17, 15) is 14.7 Å². The topological polar surface area (TPSA) is 114 Å². The van der Waals surface area contributed by atoms with Gasteiger partial charge < -0.3 is 19.6 Å². The molecular formula is C34H35FN6O4. The Labute approximate surface area is 259 Å². The number of benzene rings is 1. The molecule has 0 atom stereocenters. The summed E-state index contributed by atoms with van der Waals surface area (Å²) in [7, 11) is 0. The third-order valence-electron chi connectivity index (χ3n) is 9.47. The first-order chi connectivity index (χ1) is 21.6. The van der Waals surface area contributed by atoms with Crippen LogP contribution in [0.5, 0.6) is 11.5 Å². The largest absolute Gasteiger partial charge is 0.507 e. The van der Waals surface area contributed by atoms with E-state index in [1.54, 1.807) is 6.20 Å². The van der Waals surface area contributed by atoms with Gasteiger partial charge in [0.2, 0.25) is 5.91 Å². The number of piperidine rings is 1. The van der Waals surface area contributed by atoms with E-state index in [-0.39, 0.29) is 39.9 Å². The summed E-state index contributed by atoms with van der Waals surface area (Å²) >= 11 is 0. The summed E-state index contributed by atoms with van der Waals surface area (Å²) in [5.41, 5.74) is 2.74. The number of pyridine rings is 2. The predicted octanol–water partition coefficient (Wildman–Crippen LogP) is 4.67. The number of fused-ring (bicyclic) bond motifs is 3. The highest BCUT2D eigenvalue weighted by Crippen LogP contribution is 2.47. The molecule has 45 heavy (non-hydrogen) atoms. The van der Waals surface area contributed by atoms with Crippen LogP contribution in [0.4, 0.5) is 10.2 Å². The van der Waals surface area contributed by atoms with Crippen molar-refractivity contribution in [3.8, 4) is 28.4 Å². The van der Waals surface area contributed by atoms with Gasteiger partial charge in [0.15, 0.2) is 5.65 Å². The fraction of sp³-hybridized carbons (Fsp3) is 0.382. The minimum Gasteiger partial charge on any atom is -0.507 e. The molecule has 2 saturated heterocycles. The Bertz CT molecular complexity index is 1920. The highest BCUT2D eigenvalue weighted by Gasteiger charge is 2.46. The van der Waals surface area contributed by atoms with Crippen molar-refractivity contribution in [1.29, 1.82) is 0 Å². The molecule has 1 aromatic carbocycles. The number of ether oxygens (including phenoxy) is 1. The zero-order valence-corrected chi connectivity index (χ0v) is 25.6. The lowest BCUT2D eigenvalue weighted by Crippen LogP contribution is -2.61. The second-order valence-corrected chi connectivity index (χ2v) is 12.7. The standard InChI is InChI=1S/C34H35FN6O4/c1-5-24(43)40-17-34(18-40)11-14-39(15-12-34)31-26-30-21(10-16-45-30)28(25-22(35)7-6-8-23(25)42)37-32(26)41(33(44)38-31)29-20(4)9-13-36-27(29)19(2)3/h5-9,13,19,42H,1,10-12,14-18H2,2-4H3. The number of carbonyl (C=O) groups excluding carboxylic acids is 1. The quantitative estimate of drug-likeness (QED) is 0.325. The molecule has 1 spiro atoms. The van der Waals surface area contributed by atoms with Gasteiger partial charge in [0.1, 0.15) is 28.5 Å². The molecular weight excluding hydrogens is 575 g/mol. The molecule has 3 aromatic heterocycles. The molecule has 7 rings (SSSR count). The van der Waals surface area contributed by atoms with Gasteiger partial charge in [-0.15, -0.1) is 0 Å². The maximum atomic E-state index is 15.4. The first-order valence-electron chi connectivity index (χ1n) is 15.3. The number of amides is 1. The fourth-order valence-corrected chi connectivity index (χ4v) is 7.11. The van der Waals surface area contributed by atoms with Crippen LogP contribution in [0.2, 0.25) is 0 Å². The molecule has 0 aliphatic carbocycles. The highest BCUT2D eigenvalue weighted by atomic mass is 19.1. The van der Waals surface area contributed by atoms with Gasteiger partial charge in [-0.25, -0.2) is 18.7 Å². The number of phenolic OH excluding ortho intramolecular Hbond substituents is 1. The third-order valence-corrected chi connectivity index (χ3v) is 9.47. The van der Waals surface area contributed by atoms with E-state index in [2.05, 4.69) is 16.5 Å². The summed E-state index contributed by atoms with van der Waals surface area (Å²) in [4.78, 5) is 44.5. The number of likely N-dealkylation sites (tertiary alicyclic amines) is 1. The molecule has 11 heteroatoms. The molecule has 3 aliphatic rings. The van der Waals surface area contributed by atoms with Gasteiger partial charge in [-0.05, 0) is 55.5 Å². The number of halogens is 1. The molecule has 1 N–H and O–H groups in total. The Kier molecular flexibility index (Phi) is 6.87. The molecule has 2 fully saturated rings. The van der Waals surface area contributed by atoms with Crippen molar-refractivity contribution in [2.75, 3.05) is 37.7 Å². The molecule has 232 valence electrons. The Morgan fingerprint density at radius 1 is 1.18 bits per heavy atom. The third kappa shape index (κ3) is 4.55. The number of nitrogens with zero attached hydrogens (tertiary/aromatic N) is 6.